The molecule has 3 aromatic carbocycles. The lowest BCUT2D eigenvalue weighted by Gasteiger charge is -2.33. The molecule has 0 aromatic heterocycles. The van der Waals surface area contributed by atoms with Crippen LogP contribution in [-0.4, -0.2) is 32.0 Å². The molecule has 1 unspecified atom stereocenters. The molecule has 0 amide bonds. The number of benzene rings is 3. The number of nitrogens with zero attached hydrogens (tertiary/aromatic N) is 1. The Balaban J connectivity index is 1.88. The number of sulfonamides is 1. The second-order valence-corrected chi connectivity index (χ2v) is 8.56. The fourth-order valence-electron chi connectivity index (χ4n) is 3.52. The van der Waals surface area contributed by atoms with Crippen LogP contribution >= 0.6 is 0 Å². The SMILES string of the molecule is COc1ccc(S(=O)(=O)N2C=C(c3ccccc3)c3ccccc3C2O)cc1OC. The summed E-state index contributed by atoms with van der Waals surface area (Å²) in [4.78, 5) is -0.0118. The standard InChI is InChI=1S/C23H21NO5S/c1-28-21-13-12-17(14-22(21)29-2)30(26,27)24-15-20(16-8-4-3-5-9-16)18-10-6-7-11-19(18)23(24)25/h3-15,23,25H,1-2H3. The highest BCUT2D eigenvalue weighted by molar-refractivity contribution is 7.89. The van der Waals surface area contributed by atoms with E-state index in [0.717, 1.165) is 15.4 Å². The summed E-state index contributed by atoms with van der Waals surface area (Å²) in [6.07, 6.45) is 0.126. The Labute approximate surface area is 175 Å². The van der Waals surface area contributed by atoms with Gasteiger partial charge in [-0.2, -0.15) is 0 Å². The summed E-state index contributed by atoms with van der Waals surface area (Å²) in [5, 5.41) is 11.0. The molecule has 1 N–H and O–H groups in total. The van der Waals surface area contributed by atoms with Gasteiger partial charge in [-0.05, 0) is 23.3 Å². The van der Waals surface area contributed by atoms with Crippen LogP contribution in [0.5, 0.6) is 11.5 Å². The minimum absolute atomic E-state index is 0.0118. The molecule has 1 atom stereocenters. The van der Waals surface area contributed by atoms with Crippen LogP contribution in [0, 0.1) is 0 Å². The molecule has 30 heavy (non-hydrogen) atoms. The van der Waals surface area contributed by atoms with Crippen molar-refractivity contribution in [2.24, 2.45) is 0 Å². The number of aliphatic hydroxyl groups excluding tert-OH is 1. The van der Waals surface area contributed by atoms with E-state index >= 15 is 0 Å². The summed E-state index contributed by atoms with van der Waals surface area (Å²) in [5.41, 5.74) is 2.86. The zero-order valence-electron chi connectivity index (χ0n) is 16.5. The van der Waals surface area contributed by atoms with Crippen molar-refractivity contribution >= 4 is 15.6 Å². The molecule has 0 saturated carbocycles. The lowest BCUT2D eigenvalue weighted by molar-refractivity contribution is 0.0881. The Bertz CT molecular complexity index is 1210. The third kappa shape index (κ3) is 3.32. The second-order valence-electron chi connectivity index (χ2n) is 6.72. The van der Waals surface area contributed by atoms with Gasteiger partial charge in [0.25, 0.3) is 10.0 Å². The van der Waals surface area contributed by atoms with Gasteiger partial charge in [0.1, 0.15) is 0 Å². The predicted octanol–water partition coefficient (Wildman–Crippen LogP) is 3.79. The first-order chi connectivity index (χ1) is 14.5. The first kappa shape index (κ1) is 20.0. The van der Waals surface area contributed by atoms with Gasteiger partial charge in [0.2, 0.25) is 0 Å². The van der Waals surface area contributed by atoms with E-state index in [1.165, 1.54) is 38.6 Å². The van der Waals surface area contributed by atoms with Crippen LogP contribution in [0.3, 0.4) is 0 Å². The van der Waals surface area contributed by atoms with E-state index in [4.69, 9.17) is 9.47 Å². The third-order valence-electron chi connectivity index (χ3n) is 5.04. The zero-order valence-corrected chi connectivity index (χ0v) is 17.3. The number of hydrogen-bond acceptors (Lipinski definition) is 5. The third-order valence-corrected chi connectivity index (χ3v) is 6.75. The van der Waals surface area contributed by atoms with Gasteiger partial charge >= 0.3 is 0 Å². The van der Waals surface area contributed by atoms with Crippen molar-refractivity contribution in [3.8, 4) is 11.5 Å². The average Bonchev–Trinajstić information content (AvgIpc) is 2.79. The number of ether oxygens (including phenoxy) is 2. The molecule has 0 bridgehead atoms. The quantitative estimate of drug-likeness (QED) is 0.676. The van der Waals surface area contributed by atoms with Crippen molar-refractivity contribution in [2.45, 2.75) is 11.1 Å². The summed E-state index contributed by atoms with van der Waals surface area (Å²) in [5.74, 6) is 0.708. The molecular formula is C23H21NO5S. The minimum Gasteiger partial charge on any atom is -0.493 e. The van der Waals surface area contributed by atoms with Gasteiger partial charge in [0.15, 0.2) is 17.7 Å². The lowest BCUT2D eigenvalue weighted by atomic mass is 9.92. The topological polar surface area (TPSA) is 76.1 Å². The summed E-state index contributed by atoms with van der Waals surface area (Å²) in [6.45, 7) is 0. The molecule has 0 radical (unpaired) electrons. The molecule has 0 spiro atoms. The maximum atomic E-state index is 13.5. The van der Waals surface area contributed by atoms with E-state index in [9.17, 15) is 13.5 Å². The molecule has 1 heterocycles. The Hall–Kier alpha value is -3.29. The number of fused-ring (bicyclic) bond motifs is 1. The second kappa shape index (κ2) is 7.85. The van der Waals surface area contributed by atoms with Crippen LogP contribution < -0.4 is 9.47 Å². The molecule has 0 aliphatic carbocycles. The average molecular weight is 423 g/mol. The van der Waals surface area contributed by atoms with Gasteiger partial charge in [0.05, 0.1) is 19.1 Å². The number of rotatable bonds is 5. The largest absolute Gasteiger partial charge is 0.493 e. The van der Waals surface area contributed by atoms with E-state index in [1.807, 2.05) is 42.5 Å². The van der Waals surface area contributed by atoms with Crippen LogP contribution in [0.2, 0.25) is 0 Å². The molecule has 7 heteroatoms. The van der Waals surface area contributed by atoms with Crippen molar-refractivity contribution in [3.05, 3.63) is 95.7 Å². The maximum Gasteiger partial charge on any atom is 0.266 e. The normalized spacial score (nSPS) is 15.9. The molecule has 3 aromatic rings. The van der Waals surface area contributed by atoms with Gasteiger partial charge in [-0.25, -0.2) is 12.7 Å². The minimum atomic E-state index is -4.08. The highest BCUT2D eigenvalue weighted by atomic mass is 32.2. The van der Waals surface area contributed by atoms with Crippen LogP contribution in [-0.2, 0) is 10.0 Å². The van der Waals surface area contributed by atoms with E-state index in [1.54, 1.807) is 12.1 Å². The molecule has 4 rings (SSSR count). The van der Waals surface area contributed by atoms with Crippen LogP contribution in [0.25, 0.3) is 5.57 Å². The van der Waals surface area contributed by atoms with Crippen molar-refractivity contribution in [1.82, 2.24) is 4.31 Å². The number of hydrogen-bond donors (Lipinski definition) is 1. The van der Waals surface area contributed by atoms with Crippen molar-refractivity contribution in [2.75, 3.05) is 14.2 Å². The fourth-order valence-corrected chi connectivity index (χ4v) is 4.88. The van der Waals surface area contributed by atoms with Crippen molar-refractivity contribution in [3.63, 3.8) is 0 Å². The highest BCUT2D eigenvalue weighted by Crippen LogP contribution is 2.40. The van der Waals surface area contributed by atoms with Gasteiger partial charge in [-0.15, -0.1) is 0 Å². The van der Waals surface area contributed by atoms with E-state index in [0.29, 0.717) is 16.9 Å². The van der Waals surface area contributed by atoms with Gasteiger partial charge in [0, 0.05) is 23.4 Å². The molecule has 6 nitrogen and oxygen atoms in total. The van der Waals surface area contributed by atoms with Crippen LogP contribution in [0.15, 0.2) is 83.9 Å². The van der Waals surface area contributed by atoms with E-state index < -0.39 is 16.3 Å². The monoisotopic (exact) mass is 423 g/mol. The molecule has 1 aliphatic rings. The summed E-state index contributed by atoms with van der Waals surface area (Å²) in [7, 11) is -1.16. The Morgan fingerprint density at radius 2 is 1.53 bits per heavy atom. The van der Waals surface area contributed by atoms with Gasteiger partial charge < -0.3 is 14.6 Å². The fraction of sp³-hybridized carbons (Fsp3) is 0.130. The predicted molar refractivity (Wildman–Crippen MR) is 113 cm³/mol. The first-order valence-corrected chi connectivity index (χ1v) is 10.7. The summed E-state index contributed by atoms with van der Waals surface area (Å²) in [6, 6.07) is 21.1. The number of aliphatic hydroxyl groups is 1. The molecular weight excluding hydrogens is 402 g/mol. The molecule has 0 fully saturated rings. The Kier molecular flexibility index (Phi) is 5.24. The van der Waals surface area contributed by atoms with Gasteiger partial charge in [-0.1, -0.05) is 54.6 Å². The van der Waals surface area contributed by atoms with Crippen LogP contribution in [0.4, 0.5) is 0 Å². The smallest absolute Gasteiger partial charge is 0.266 e. The molecule has 154 valence electrons. The Morgan fingerprint density at radius 1 is 0.867 bits per heavy atom. The Morgan fingerprint density at radius 3 is 2.23 bits per heavy atom. The lowest BCUT2D eigenvalue weighted by Crippen LogP contribution is -2.33. The summed E-state index contributed by atoms with van der Waals surface area (Å²) >= 11 is 0. The van der Waals surface area contributed by atoms with E-state index in [2.05, 4.69) is 0 Å². The van der Waals surface area contributed by atoms with E-state index in [-0.39, 0.29) is 10.6 Å². The number of methoxy groups -OCH3 is 2. The highest BCUT2D eigenvalue weighted by Gasteiger charge is 2.35. The molecule has 0 saturated heterocycles. The first-order valence-electron chi connectivity index (χ1n) is 9.27. The zero-order chi connectivity index (χ0) is 21.3. The summed E-state index contributed by atoms with van der Waals surface area (Å²) < 4.78 is 38.4. The van der Waals surface area contributed by atoms with Gasteiger partial charge in [-0.3, -0.25) is 0 Å². The van der Waals surface area contributed by atoms with Crippen molar-refractivity contribution < 1.29 is 23.0 Å². The van der Waals surface area contributed by atoms with Crippen LogP contribution in [0.1, 0.15) is 22.9 Å². The maximum absolute atomic E-state index is 13.5. The van der Waals surface area contributed by atoms with Crippen molar-refractivity contribution in [1.29, 1.82) is 0 Å². The molecule has 1 aliphatic heterocycles.